The van der Waals surface area contributed by atoms with Gasteiger partial charge in [-0.3, -0.25) is 4.90 Å². The van der Waals surface area contributed by atoms with Crippen LogP contribution in [0.2, 0.25) is 0 Å². The first-order valence-corrected chi connectivity index (χ1v) is 8.95. The highest BCUT2D eigenvalue weighted by Crippen LogP contribution is 2.36. The van der Waals surface area contributed by atoms with Crippen molar-refractivity contribution in [1.82, 2.24) is 10.2 Å². The van der Waals surface area contributed by atoms with Gasteiger partial charge in [-0.25, -0.2) is 0 Å². The zero-order chi connectivity index (χ0) is 13.9. The number of hydrogen-bond acceptors (Lipinski definition) is 2. The van der Waals surface area contributed by atoms with E-state index in [-0.39, 0.29) is 0 Å². The van der Waals surface area contributed by atoms with E-state index in [1.165, 1.54) is 63.6 Å². The van der Waals surface area contributed by atoms with Gasteiger partial charge in [0.2, 0.25) is 0 Å². The number of piperazine rings is 1. The van der Waals surface area contributed by atoms with Gasteiger partial charge >= 0.3 is 0 Å². The van der Waals surface area contributed by atoms with Crippen molar-refractivity contribution in [2.75, 3.05) is 19.6 Å². The molecule has 3 aliphatic rings. The first-order chi connectivity index (χ1) is 9.78. The van der Waals surface area contributed by atoms with Gasteiger partial charge in [0, 0.05) is 37.3 Å². The Kier molecular flexibility index (Phi) is 5.06. The molecule has 3 heteroatoms. The molecule has 2 saturated carbocycles. The van der Waals surface area contributed by atoms with Gasteiger partial charge in [0.05, 0.1) is 0 Å². The molecular formula is C17H29ClN2. The van der Waals surface area contributed by atoms with E-state index in [2.05, 4.69) is 17.1 Å². The van der Waals surface area contributed by atoms with Crippen LogP contribution in [0.1, 0.15) is 51.9 Å². The quantitative estimate of drug-likeness (QED) is 0.850. The Morgan fingerprint density at radius 2 is 1.90 bits per heavy atom. The van der Waals surface area contributed by atoms with Crippen molar-refractivity contribution in [2.45, 2.75) is 64.0 Å². The van der Waals surface area contributed by atoms with Crippen LogP contribution in [0.25, 0.3) is 0 Å². The summed E-state index contributed by atoms with van der Waals surface area (Å²) in [5.74, 6) is 1.85. The molecule has 0 spiro atoms. The molecule has 2 nitrogen and oxygen atoms in total. The number of hydrogen-bond donors (Lipinski definition) is 1. The minimum Gasteiger partial charge on any atom is -0.311 e. The topological polar surface area (TPSA) is 15.3 Å². The van der Waals surface area contributed by atoms with Crippen molar-refractivity contribution in [3.63, 3.8) is 0 Å². The SMILES string of the molecule is CC(=CCl)CN1CC(C2CC2)NCC1C1CCCCC1. The van der Waals surface area contributed by atoms with Crippen molar-refractivity contribution in [3.8, 4) is 0 Å². The highest BCUT2D eigenvalue weighted by Gasteiger charge is 2.39. The summed E-state index contributed by atoms with van der Waals surface area (Å²) in [5.41, 5.74) is 3.08. The summed E-state index contributed by atoms with van der Waals surface area (Å²) in [6, 6.07) is 1.47. The summed E-state index contributed by atoms with van der Waals surface area (Å²) in [5, 5.41) is 3.86. The summed E-state index contributed by atoms with van der Waals surface area (Å²) < 4.78 is 0. The maximum Gasteiger partial charge on any atom is 0.0253 e. The van der Waals surface area contributed by atoms with E-state index in [9.17, 15) is 0 Å². The fourth-order valence-electron chi connectivity index (χ4n) is 4.19. The Hall–Kier alpha value is -0.0500. The fourth-order valence-corrected chi connectivity index (χ4v) is 4.26. The maximum absolute atomic E-state index is 5.91. The molecule has 1 heterocycles. The third kappa shape index (κ3) is 3.58. The molecule has 1 N–H and O–H groups in total. The molecule has 114 valence electrons. The Labute approximate surface area is 128 Å². The van der Waals surface area contributed by atoms with Crippen molar-refractivity contribution in [1.29, 1.82) is 0 Å². The van der Waals surface area contributed by atoms with Gasteiger partial charge in [-0.1, -0.05) is 30.9 Å². The van der Waals surface area contributed by atoms with Crippen LogP contribution in [-0.4, -0.2) is 36.6 Å². The molecular weight excluding hydrogens is 268 g/mol. The highest BCUT2D eigenvalue weighted by molar-refractivity contribution is 6.25. The molecule has 3 fully saturated rings. The van der Waals surface area contributed by atoms with E-state index in [1.807, 2.05) is 0 Å². The number of rotatable bonds is 4. The van der Waals surface area contributed by atoms with Crippen molar-refractivity contribution in [2.24, 2.45) is 11.8 Å². The maximum atomic E-state index is 5.91. The third-order valence-electron chi connectivity index (χ3n) is 5.51. The molecule has 1 saturated heterocycles. The van der Waals surface area contributed by atoms with Crippen LogP contribution in [0.4, 0.5) is 0 Å². The van der Waals surface area contributed by atoms with Gasteiger partial charge in [0.15, 0.2) is 0 Å². The molecule has 20 heavy (non-hydrogen) atoms. The predicted octanol–water partition coefficient (Wildman–Crippen LogP) is 3.76. The molecule has 1 aliphatic heterocycles. The second-order valence-corrected chi connectivity index (χ2v) is 7.42. The molecule has 0 bridgehead atoms. The van der Waals surface area contributed by atoms with Crippen LogP contribution in [-0.2, 0) is 0 Å². The number of halogens is 1. The van der Waals surface area contributed by atoms with Gasteiger partial charge < -0.3 is 5.32 Å². The van der Waals surface area contributed by atoms with Crippen LogP contribution >= 0.6 is 11.6 Å². The molecule has 2 atom stereocenters. The predicted molar refractivity (Wildman–Crippen MR) is 86.1 cm³/mol. The number of nitrogens with zero attached hydrogens (tertiary/aromatic N) is 1. The minimum atomic E-state index is 0.733. The van der Waals surface area contributed by atoms with Crippen molar-refractivity contribution >= 4 is 11.6 Å². The molecule has 3 rings (SSSR count). The molecule has 0 radical (unpaired) electrons. The fraction of sp³-hybridized carbons (Fsp3) is 0.882. The monoisotopic (exact) mass is 296 g/mol. The van der Waals surface area contributed by atoms with Crippen LogP contribution in [0.3, 0.4) is 0 Å². The normalized spacial score (nSPS) is 34.4. The second kappa shape index (κ2) is 6.81. The Bertz CT molecular complexity index is 345. The molecule has 0 amide bonds. The zero-order valence-corrected chi connectivity index (χ0v) is 13.5. The van der Waals surface area contributed by atoms with Gasteiger partial charge in [0.1, 0.15) is 0 Å². The van der Waals surface area contributed by atoms with Gasteiger partial charge in [-0.15, -0.1) is 0 Å². The smallest absolute Gasteiger partial charge is 0.0253 e. The van der Waals surface area contributed by atoms with Crippen LogP contribution in [0.5, 0.6) is 0 Å². The third-order valence-corrected chi connectivity index (χ3v) is 5.89. The lowest BCUT2D eigenvalue weighted by Gasteiger charge is -2.45. The molecule has 2 aliphatic carbocycles. The Balaban J connectivity index is 1.65. The summed E-state index contributed by atoms with van der Waals surface area (Å²) in [6.45, 7) is 5.66. The summed E-state index contributed by atoms with van der Waals surface area (Å²) >= 11 is 5.91. The lowest BCUT2D eigenvalue weighted by atomic mass is 9.82. The van der Waals surface area contributed by atoms with Gasteiger partial charge in [-0.05, 0) is 50.0 Å². The largest absolute Gasteiger partial charge is 0.311 e. The molecule has 0 aromatic heterocycles. The number of nitrogens with one attached hydrogen (secondary N) is 1. The molecule has 0 aromatic carbocycles. The average Bonchev–Trinajstić information content (AvgIpc) is 3.32. The van der Waals surface area contributed by atoms with Gasteiger partial charge in [0.25, 0.3) is 0 Å². The van der Waals surface area contributed by atoms with E-state index in [1.54, 1.807) is 5.54 Å². The highest BCUT2D eigenvalue weighted by atomic mass is 35.5. The molecule has 0 aromatic rings. The Morgan fingerprint density at radius 1 is 1.15 bits per heavy atom. The zero-order valence-electron chi connectivity index (χ0n) is 12.8. The first kappa shape index (κ1) is 14.9. The van der Waals surface area contributed by atoms with Gasteiger partial charge in [-0.2, -0.15) is 0 Å². The summed E-state index contributed by atoms with van der Waals surface area (Å²) in [6.07, 6.45) is 10.0. The van der Waals surface area contributed by atoms with E-state index in [4.69, 9.17) is 11.6 Å². The summed E-state index contributed by atoms with van der Waals surface area (Å²) in [4.78, 5) is 2.74. The van der Waals surface area contributed by atoms with Crippen molar-refractivity contribution in [3.05, 3.63) is 11.1 Å². The standard InChI is InChI=1S/C17H29ClN2/c1-13(9-18)11-20-12-16(14-7-8-14)19-10-17(20)15-5-3-2-4-6-15/h9,14-17,19H,2-8,10-12H2,1H3. The van der Waals surface area contributed by atoms with E-state index < -0.39 is 0 Å². The Morgan fingerprint density at radius 3 is 2.55 bits per heavy atom. The van der Waals surface area contributed by atoms with E-state index >= 15 is 0 Å². The summed E-state index contributed by atoms with van der Waals surface area (Å²) in [7, 11) is 0. The minimum absolute atomic E-state index is 0.733. The van der Waals surface area contributed by atoms with Crippen LogP contribution in [0.15, 0.2) is 11.1 Å². The lowest BCUT2D eigenvalue weighted by Crippen LogP contribution is -2.60. The van der Waals surface area contributed by atoms with Crippen LogP contribution in [0, 0.1) is 11.8 Å². The second-order valence-electron chi connectivity index (χ2n) is 7.20. The average molecular weight is 297 g/mol. The molecule has 2 unspecified atom stereocenters. The van der Waals surface area contributed by atoms with E-state index in [0.29, 0.717) is 0 Å². The first-order valence-electron chi connectivity index (χ1n) is 8.51. The van der Waals surface area contributed by atoms with Crippen LogP contribution < -0.4 is 5.32 Å². The van der Waals surface area contributed by atoms with Crippen molar-refractivity contribution < 1.29 is 0 Å². The van der Waals surface area contributed by atoms with E-state index in [0.717, 1.165) is 30.5 Å². The lowest BCUT2D eigenvalue weighted by molar-refractivity contribution is 0.0752.